The van der Waals surface area contributed by atoms with Crippen molar-refractivity contribution in [2.75, 3.05) is 42.7 Å². The highest BCUT2D eigenvalue weighted by atomic mass is 35.5. The highest BCUT2D eigenvalue weighted by Crippen LogP contribution is 2.41. The Balaban J connectivity index is 1.96. The smallest absolute Gasteiger partial charge is 0.203 e. The topological polar surface area (TPSA) is 80.1 Å². The summed E-state index contributed by atoms with van der Waals surface area (Å²) >= 11 is 13.1. The van der Waals surface area contributed by atoms with Gasteiger partial charge in [0.05, 0.1) is 64.8 Å². The minimum atomic E-state index is 0.469. The summed E-state index contributed by atoms with van der Waals surface area (Å²) in [5.41, 5.74) is 2.62. The van der Waals surface area contributed by atoms with Crippen molar-refractivity contribution in [1.29, 1.82) is 0 Å². The molecule has 1 heterocycles. The van der Waals surface area contributed by atoms with Crippen LogP contribution in [0.25, 0.3) is 11.4 Å². The Kier molecular flexibility index (Phi) is 8.47. The molecule has 4 aromatic rings. The Labute approximate surface area is 252 Å². The van der Waals surface area contributed by atoms with Gasteiger partial charge < -0.3 is 28.4 Å². The van der Waals surface area contributed by atoms with Gasteiger partial charge in [-0.15, -0.1) is 0 Å². The lowest BCUT2D eigenvalue weighted by Crippen LogP contribution is -2.34. The number of fused-ring (bicyclic) bond motifs is 2. The van der Waals surface area contributed by atoms with Crippen LogP contribution in [-0.2, 0) is 0 Å². The van der Waals surface area contributed by atoms with Gasteiger partial charge in [0.25, 0.3) is 0 Å². The van der Waals surface area contributed by atoms with Crippen molar-refractivity contribution in [1.82, 2.24) is 0 Å². The molecule has 0 saturated heterocycles. The van der Waals surface area contributed by atoms with E-state index >= 15 is 0 Å². The minimum Gasteiger partial charge on any atom is -0.493 e. The van der Waals surface area contributed by atoms with Crippen LogP contribution in [0.15, 0.2) is 70.6 Å². The van der Waals surface area contributed by atoms with Crippen molar-refractivity contribution in [3.8, 4) is 34.5 Å². The standard InChI is InChI=1S/C32H28Cl2N2O6/c1-37-25-11-17(12-26(38-2)31(25)41-5)29-21-15-19(33)7-9-23(21)36-30(22-16-20(34)8-10-24(22)35-29)18-13-27(39-3)32(42-6)28(14-18)40-4/h7-16H,1-6H3. The lowest BCUT2D eigenvalue weighted by Gasteiger charge is -2.16. The number of hydrogen-bond acceptors (Lipinski definition) is 8. The fraction of sp³-hybridized carbons (Fsp3) is 0.188. The van der Waals surface area contributed by atoms with Crippen LogP contribution in [0, 0.1) is 0 Å². The Hall–Kier alpha value is -4.40. The number of ether oxygens (including phenoxy) is 6. The van der Waals surface area contributed by atoms with Crippen LogP contribution in [0.2, 0.25) is 10.0 Å². The molecule has 0 atom stereocenters. The molecule has 0 amide bonds. The zero-order chi connectivity index (χ0) is 30.0. The van der Waals surface area contributed by atoms with E-state index in [0.717, 1.165) is 0 Å². The summed E-state index contributed by atoms with van der Waals surface area (Å²) in [7, 11) is 9.38. The first-order chi connectivity index (χ1) is 20.3. The summed E-state index contributed by atoms with van der Waals surface area (Å²) in [6.07, 6.45) is 0. The first-order valence-corrected chi connectivity index (χ1v) is 13.5. The van der Waals surface area contributed by atoms with Gasteiger partial charge in [0.2, 0.25) is 11.5 Å². The third-order valence-corrected chi connectivity index (χ3v) is 7.24. The van der Waals surface area contributed by atoms with E-state index in [1.807, 2.05) is 48.5 Å². The van der Waals surface area contributed by atoms with Gasteiger partial charge in [-0.3, -0.25) is 0 Å². The summed E-state index contributed by atoms with van der Waals surface area (Å²) in [5, 5.41) is 3.69. The van der Waals surface area contributed by atoms with E-state index < -0.39 is 0 Å². The lowest BCUT2D eigenvalue weighted by atomic mass is 10.0. The quantitative estimate of drug-likeness (QED) is 0.297. The van der Waals surface area contributed by atoms with Gasteiger partial charge >= 0.3 is 0 Å². The van der Waals surface area contributed by atoms with Crippen molar-refractivity contribution in [2.45, 2.75) is 0 Å². The second kappa shape index (κ2) is 12.2. The van der Waals surface area contributed by atoms with Crippen LogP contribution < -0.4 is 49.6 Å². The summed E-state index contributed by atoms with van der Waals surface area (Å²) in [4.78, 5) is 10.3. The van der Waals surface area contributed by atoms with Crippen molar-refractivity contribution in [3.63, 3.8) is 0 Å². The number of hydrogen-bond donors (Lipinski definition) is 0. The van der Waals surface area contributed by atoms with Gasteiger partial charge in [0.1, 0.15) is 0 Å². The molecular formula is C32H28Cl2N2O6. The minimum absolute atomic E-state index is 0.469. The molecule has 8 nitrogen and oxygen atoms in total. The Bertz CT molecular complexity index is 1750. The molecule has 0 aromatic heterocycles. The molecule has 10 heteroatoms. The van der Waals surface area contributed by atoms with E-state index in [0.29, 0.717) is 88.2 Å². The van der Waals surface area contributed by atoms with E-state index in [-0.39, 0.29) is 0 Å². The third-order valence-electron chi connectivity index (χ3n) is 6.77. The van der Waals surface area contributed by atoms with Crippen molar-refractivity contribution >= 4 is 34.6 Å². The monoisotopic (exact) mass is 606 g/mol. The van der Waals surface area contributed by atoms with Gasteiger partial charge in [0, 0.05) is 31.6 Å². The second-order valence-electron chi connectivity index (χ2n) is 9.07. The largest absolute Gasteiger partial charge is 0.493 e. The fourth-order valence-electron chi connectivity index (χ4n) is 4.83. The van der Waals surface area contributed by atoms with Gasteiger partial charge in [-0.2, -0.15) is 0 Å². The third kappa shape index (κ3) is 5.31. The molecule has 0 radical (unpaired) electrons. The number of methoxy groups -OCH3 is 6. The van der Waals surface area contributed by atoms with Gasteiger partial charge in [0.15, 0.2) is 23.0 Å². The molecular weight excluding hydrogens is 579 g/mol. The van der Waals surface area contributed by atoms with E-state index in [4.69, 9.17) is 61.6 Å². The lowest BCUT2D eigenvalue weighted by molar-refractivity contribution is 0.324. The van der Waals surface area contributed by atoms with Crippen molar-refractivity contribution in [2.24, 2.45) is 9.98 Å². The average molecular weight is 607 g/mol. The maximum Gasteiger partial charge on any atom is 0.203 e. The Morgan fingerprint density at radius 2 is 0.786 bits per heavy atom. The van der Waals surface area contributed by atoms with Crippen molar-refractivity contribution < 1.29 is 28.4 Å². The highest BCUT2D eigenvalue weighted by molar-refractivity contribution is 6.30. The van der Waals surface area contributed by atoms with E-state index in [1.54, 1.807) is 54.8 Å². The van der Waals surface area contributed by atoms with Crippen LogP contribution in [-0.4, -0.2) is 42.7 Å². The number of rotatable bonds is 8. The highest BCUT2D eigenvalue weighted by Gasteiger charge is 2.19. The fourth-order valence-corrected chi connectivity index (χ4v) is 5.17. The molecule has 0 spiro atoms. The van der Waals surface area contributed by atoms with Crippen molar-refractivity contribution in [3.05, 3.63) is 103 Å². The van der Waals surface area contributed by atoms with Gasteiger partial charge in [-0.25, -0.2) is 9.98 Å². The predicted octanol–water partition coefficient (Wildman–Crippen LogP) is 4.31. The summed E-state index contributed by atoms with van der Waals surface area (Å²) < 4.78 is 33.6. The Morgan fingerprint density at radius 1 is 0.452 bits per heavy atom. The first-order valence-electron chi connectivity index (χ1n) is 12.7. The summed E-state index contributed by atoms with van der Waals surface area (Å²) in [6.45, 7) is 0. The SMILES string of the molecule is COc1cc(C2=c3cc(Cl)ccc3=NC(c3cc(OC)c(OC)c(OC)c3)=c3cc(Cl)ccc3=N2)cc(OC)c1OC. The van der Waals surface area contributed by atoms with Gasteiger partial charge in [-0.1, -0.05) is 23.2 Å². The van der Waals surface area contributed by atoms with Crippen LogP contribution in [0.1, 0.15) is 11.1 Å². The summed E-state index contributed by atoms with van der Waals surface area (Å²) in [5.74, 6) is 2.88. The van der Waals surface area contributed by atoms with Crippen LogP contribution in [0.4, 0.5) is 0 Å². The van der Waals surface area contributed by atoms with Crippen LogP contribution >= 0.6 is 23.2 Å². The molecule has 0 saturated carbocycles. The molecule has 0 fully saturated rings. The molecule has 4 aromatic carbocycles. The van der Waals surface area contributed by atoms with E-state index in [2.05, 4.69) is 0 Å². The van der Waals surface area contributed by atoms with E-state index in [1.165, 1.54) is 0 Å². The zero-order valence-electron chi connectivity index (χ0n) is 23.9. The molecule has 0 unspecified atom stereocenters. The zero-order valence-corrected chi connectivity index (χ0v) is 25.4. The Morgan fingerprint density at radius 3 is 1.07 bits per heavy atom. The maximum atomic E-state index is 6.54. The maximum absolute atomic E-state index is 6.54. The molecule has 216 valence electrons. The van der Waals surface area contributed by atoms with Crippen LogP contribution in [0.5, 0.6) is 34.5 Å². The number of benzene rings is 4. The number of halogens is 2. The van der Waals surface area contributed by atoms with E-state index in [9.17, 15) is 0 Å². The molecule has 0 bridgehead atoms. The predicted molar refractivity (Wildman–Crippen MR) is 162 cm³/mol. The molecule has 0 N–H and O–H groups in total. The molecule has 0 aliphatic carbocycles. The second-order valence-corrected chi connectivity index (χ2v) is 9.94. The normalized spacial score (nSPS) is 12.1. The molecule has 5 rings (SSSR count). The number of nitrogens with zero attached hydrogens (tertiary/aromatic N) is 2. The van der Waals surface area contributed by atoms with Crippen LogP contribution in [0.3, 0.4) is 0 Å². The molecule has 1 aliphatic rings. The first kappa shape index (κ1) is 29.1. The molecule has 42 heavy (non-hydrogen) atoms. The average Bonchev–Trinajstić information content (AvgIpc) is 3.01. The van der Waals surface area contributed by atoms with Gasteiger partial charge in [-0.05, 0) is 60.7 Å². The summed E-state index contributed by atoms with van der Waals surface area (Å²) in [6, 6.07) is 18.3. The molecule has 1 aliphatic heterocycles.